The van der Waals surface area contributed by atoms with Gasteiger partial charge in [0.2, 0.25) is 20.2 Å². The zero-order valence-corrected chi connectivity index (χ0v) is 32.8. The molecule has 284 valence electrons. The minimum atomic E-state index is -3.54. The second-order valence-electron chi connectivity index (χ2n) is 15.6. The van der Waals surface area contributed by atoms with Gasteiger partial charge in [-0.05, 0) is 78.2 Å². The molecule has 3 aliphatic rings. The van der Waals surface area contributed by atoms with Gasteiger partial charge in [0.1, 0.15) is 0 Å². The fraction of sp³-hybridized carbons (Fsp3) is 0.326. The molecule has 1 saturated heterocycles. The van der Waals surface area contributed by atoms with Crippen LogP contribution in [0.4, 0.5) is 15.5 Å². The Bertz CT molecular complexity index is 2290. The SMILES string of the molecule is C[C@H]1[C@H]([Si](C)(C)F)[C@@H](CC(=O)N2Cc3ccccc3C[C@H]2CO)O[C@]12C(=O)N(Cc1ccc(NC(=O)Cc3c[nH]c4ccccc34)cc1)c1ccc(Cl)cc12. The van der Waals surface area contributed by atoms with Gasteiger partial charge in [-0.3, -0.25) is 14.4 Å². The number of para-hydroxylation sites is 1. The summed E-state index contributed by atoms with van der Waals surface area (Å²) in [5, 5.41) is 14.7. The molecule has 0 unspecified atom stereocenters. The van der Waals surface area contributed by atoms with Crippen LogP contribution >= 0.6 is 11.6 Å². The van der Waals surface area contributed by atoms with Crippen LogP contribution in [0.25, 0.3) is 10.9 Å². The zero-order chi connectivity index (χ0) is 38.6. The van der Waals surface area contributed by atoms with Crippen LogP contribution in [0.2, 0.25) is 23.7 Å². The molecule has 0 radical (unpaired) electrons. The van der Waals surface area contributed by atoms with Crippen LogP contribution in [0.5, 0.6) is 0 Å². The molecule has 1 spiro atoms. The largest absolute Gasteiger partial charge is 0.394 e. The third kappa shape index (κ3) is 6.67. The number of nitrogens with one attached hydrogen (secondary N) is 2. The van der Waals surface area contributed by atoms with E-state index in [9.17, 15) is 19.5 Å². The third-order valence-electron chi connectivity index (χ3n) is 11.8. The van der Waals surface area contributed by atoms with Crippen molar-refractivity contribution < 1.29 is 28.3 Å². The van der Waals surface area contributed by atoms with E-state index >= 15 is 4.11 Å². The Morgan fingerprint density at radius 1 is 1.04 bits per heavy atom. The predicted octanol–water partition coefficient (Wildman–Crippen LogP) is 7.66. The summed E-state index contributed by atoms with van der Waals surface area (Å²) >= 11 is 6.57. The highest BCUT2D eigenvalue weighted by Crippen LogP contribution is 2.60. The van der Waals surface area contributed by atoms with Gasteiger partial charge in [-0.2, -0.15) is 0 Å². The number of hydrogen-bond donors (Lipinski definition) is 3. The number of fused-ring (bicyclic) bond motifs is 4. The summed E-state index contributed by atoms with van der Waals surface area (Å²) in [6, 6.07) is 27.9. The first-order chi connectivity index (χ1) is 26.4. The average Bonchev–Trinajstić information content (AvgIpc) is 3.78. The number of aromatic amines is 1. The number of ether oxygens (including phenoxy) is 1. The predicted molar refractivity (Wildman–Crippen MR) is 214 cm³/mol. The number of aliphatic hydroxyl groups is 1. The molecule has 5 atom stereocenters. The van der Waals surface area contributed by atoms with Crippen molar-refractivity contribution in [3.8, 4) is 0 Å². The summed E-state index contributed by atoms with van der Waals surface area (Å²) in [5.41, 5.74) is 4.40. The fourth-order valence-electron chi connectivity index (χ4n) is 9.24. The van der Waals surface area contributed by atoms with Crippen LogP contribution < -0.4 is 10.2 Å². The first-order valence-corrected chi connectivity index (χ1v) is 22.1. The molecular formula is C43H44ClFN4O5Si. The third-order valence-corrected chi connectivity index (χ3v) is 14.5. The van der Waals surface area contributed by atoms with E-state index in [1.165, 1.54) is 0 Å². The number of H-pyrrole nitrogens is 1. The van der Waals surface area contributed by atoms with E-state index in [-0.39, 0.29) is 43.7 Å². The first kappa shape index (κ1) is 37.1. The number of benzene rings is 4. The number of nitrogens with zero attached hydrogens (tertiary/aromatic N) is 2. The zero-order valence-electron chi connectivity index (χ0n) is 31.0. The monoisotopic (exact) mass is 778 g/mol. The van der Waals surface area contributed by atoms with E-state index in [0.717, 1.165) is 33.2 Å². The summed E-state index contributed by atoms with van der Waals surface area (Å²) in [6.07, 6.45) is 1.61. The molecule has 4 heterocycles. The number of amides is 3. The van der Waals surface area contributed by atoms with Crippen molar-refractivity contribution in [3.63, 3.8) is 0 Å². The van der Waals surface area contributed by atoms with Crippen LogP contribution in [0.3, 0.4) is 0 Å². The normalized spacial score (nSPS) is 23.3. The van der Waals surface area contributed by atoms with Gasteiger partial charge < -0.3 is 34.1 Å². The number of carbonyl (C=O) groups excluding carboxylic acids is 3. The molecule has 3 aliphatic heterocycles. The molecule has 3 amide bonds. The number of halogens is 2. The van der Waals surface area contributed by atoms with Crippen molar-refractivity contribution in [1.29, 1.82) is 0 Å². The summed E-state index contributed by atoms with van der Waals surface area (Å²) in [7, 11) is -3.54. The van der Waals surface area contributed by atoms with Crippen LogP contribution in [0.15, 0.2) is 97.2 Å². The fourth-order valence-corrected chi connectivity index (χ4v) is 11.9. The lowest BCUT2D eigenvalue weighted by Gasteiger charge is -2.37. The lowest BCUT2D eigenvalue weighted by molar-refractivity contribution is -0.151. The van der Waals surface area contributed by atoms with Crippen LogP contribution in [-0.4, -0.2) is 59.9 Å². The van der Waals surface area contributed by atoms with Crippen LogP contribution in [0, 0.1) is 5.92 Å². The summed E-state index contributed by atoms with van der Waals surface area (Å²) in [6.45, 7) is 5.42. The lowest BCUT2D eigenvalue weighted by Crippen LogP contribution is -2.48. The number of rotatable bonds is 9. The summed E-state index contributed by atoms with van der Waals surface area (Å²) < 4.78 is 23.3. The second kappa shape index (κ2) is 14.4. The highest BCUT2D eigenvalue weighted by molar-refractivity contribution is 6.72. The Morgan fingerprint density at radius 3 is 2.51 bits per heavy atom. The smallest absolute Gasteiger partial charge is 0.264 e. The maximum absolute atomic E-state index is 16.5. The standard InChI is InChI=1S/C43H44ClFN4O5Si/c1-26-41(55(2,3)45)38(21-40(52)48-24-29-9-5-4-8-28(29)18-33(48)25-50)54-43(26)35-20-31(44)14-17-37(35)49(42(43)53)23-27-12-15-32(16-13-27)47-39(51)19-30-22-46-36-11-7-6-10-34(30)36/h4-17,20,22,26,33,38,41,46,50H,18-19,21,23-25H2,1-3H3,(H,47,51)/t26-,33-,38+,41-,43+/m0/s1. The van der Waals surface area contributed by atoms with Crippen LogP contribution in [-0.2, 0) is 50.7 Å². The highest BCUT2D eigenvalue weighted by Gasteiger charge is 2.67. The Hall–Kier alpha value is -4.81. The van der Waals surface area contributed by atoms with Crippen molar-refractivity contribution in [3.05, 3.63) is 130 Å². The highest BCUT2D eigenvalue weighted by atomic mass is 35.5. The molecule has 4 aromatic carbocycles. The molecule has 0 saturated carbocycles. The number of aliphatic hydroxyl groups excluding tert-OH is 1. The minimum absolute atomic E-state index is 0.119. The molecule has 12 heteroatoms. The van der Waals surface area contributed by atoms with Gasteiger partial charge in [-0.15, -0.1) is 0 Å². The Kier molecular flexibility index (Phi) is 9.69. The van der Waals surface area contributed by atoms with Crippen molar-refractivity contribution in [2.45, 2.75) is 75.7 Å². The Labute approximate surface area is 325 Å². The summed E-state index contributed by atoms with van der Waals surface area (Å²) in [5.74, 6) is -1.32. The number of aromatic nitrogens is 1. The maximum Gasteiger partial charge on any atom is 0.264 e. The van der Waals surface area contributed by atoms with Crippen molar-refractivity contribution in [2.24, 2.45) is 5.92 Å². The van der Waals surface area contributed by atoms with E-state index in [4.69, 9.17) is 16.3 Å². The van der Waals surface area contributed by atoms with E-state index in [0.29, 0.717) is 34.9 Å². The van der Waals surface area contributed by atoms with E-state index in [1.807, 2.05) is 85.9 Å². The van der Waals surface area contributed by atoms with Gasteiger partial charge in [-0.25, -0.2) is 0 Å². The van der Waals surface area contributed by atoms with E-state index in [2.05, 4.69) is 10.3 Å². The average molecular weight is 779 g/mol. The molecule has 9 nitrogen and oxygen atoms in total. The van der Waals surface area contributed by atoms with Gasteiger partial charge in [0.05, 0.1) is 43.8 Å². The number of hydrogen-bond acceptors (Lipinski definition) is 5. The second-order valence-corrected chi connectivity index (χ2v) is 19.9. The van der Waals surface area contributed by atoms with Gasteiger partial charge in [-0.1, -0.05) is 73.1 Å². The van der Waals surface area contributed by atoms with E-state index < -0.39 is 37.6 Å². The molecule has 3 N–H and O–H groups in total. The molecule has 5 aromatic rings. The van der Waals surface area contributed by atoms with E-state index in [1.54, 1.807) is 41.1 Å². The van der Waals surface area contributed by atoms with Crippen molar-refractivity contribution in [2.75, 3.05) is 16.8 Å². The molecule has 8 rings (SSSR count). The maximum atomic E-state index is 16.5. The molecule has 55 heavy (non-hydrogen) atoms. The summed E-state index contributed by atoms with van der Waals surface area (Å²) in [4.78, 5) is 48.5. The first-order valence-electron chi connectivity index (χ1n) is 18.8. The van der Waals surface area contributed by atoms with Gasteiger partial charge in [0.15, 0.2) is 5.60 Å². The quantitative estimate of drug-likeness (QED) is 0.105. The van der Waals surface area contributed by atoms with Crippen LogP contribution in [0.1, 0.15) is 41.2 Å². The Balaban J connectivity index is 1.03. The van der Waals surface area contributed by atoms with Gasteiger partial charge >= 0.3 is 0 Å². The molecule has 1 fully saturated rings. The van der Waals surface area contributed by atoms with Gasteiger partial charge in [0, 0.05) is 51.4 Å². The molecule has 1 aromatic heterocycles. The molecular weight excluding hydrogens is 735 g/mol. The number of carbonyl (C=O) groups is 3. The topological polar surface area (TPSA) is 115 Å². The van der Waals surface area contributed by atoms with Crippen molar-refractivity contribution in [1.82, 2.24) is 9.88 Å². The lowest BCUT2D eigenvalue weighted by atomic mass is 9.82. The minimum Gasteiger partial charge on any atom is -0.394 e. The Morgan fingerprint density at radius 2 is 1.76 bits per heavy atom. The number of anilines is 2. The van der Waals surface area contributed by atoms with Gasteiger partial charge in [0.25, 0.3) is 5.91 Å². The van der Waals surface area contributed by atoms with Crippen molar-refractivity contribution >= 4 is 60.0 Å². The molecule has 0 bridgehead atoms. The molecule has 0 aliphatic carbocycles.